The predicted octanol–water partition coefficient (Wildman–Crippen LogP) is 4.97. The molecule has 1 aliphatic rings. The van der Waals surface area contributed by atoms with Crippen LogP contribution in [0, 0.1) is 0 Å². The van der Waals surface area contributed by atoms with Crippen molar-refractivity contribution in [1.29, 1.82) is 0 Å². The standard InChI is InChI=1S/C29H33N5O4/c1-3-5-10-26-31-18-24(33(26)19-21-11-13-22(14-12-21)28(36)37)17-25-27(35)32(16-6-4-2)29(38)34(25)20-23-9-7-8-15-30-23/h7-9,11-15,17-18H,3-6,10,16,19-20H2,1-2H3,(H,36,37). The summed E-state index contributed by atoms with van der Waals surface area (Å²) in [6.07, 6.45) is 9.46. The fraction of sp³-hybridized carbons (Fsp3) is 0.345. The topological polar surface area (TPSA) is 109 Å². The van der Waals surface area contributed by atoms with Gasteiger partial charge < -0.3 is 9.67 Å². The van der Waals surface area contributed by atoms with E-state index >= 15 is 0 Å². The first kappa shape index (κ1) is 26.8. The number of imide groups is 1. The zero-order chi connectivity index (χ0) is 27.1. The number of nitrogens with zero attached hydrogens (tertiary/aromatic N) is 5. The highest BCUT2D eigenvalue weighted by Crippen LogP contribution is 2.27. The Morgan fingerprint density at radius 2 is 1.71 bits per heavy atom. The molecule has 9 heteroatoms. The van der Waals surface area contributed by atoms with E-state index in [0.717, 1.165) is 43.5 Å². The molecule has 1 N–H and O–H groups in total. The molecule has 3 amide bonds. The third-order valence-electron chi connectivity index (χ3n) is 6.55. The smallest absolute Gasteiger partial charge is 0.335 e. The van der Waals surface area contributed by atoms with Gasteiger partial charge in [0.05, 0.1) is 29.7 Å². The lowest BCUT2D eigenvalue weighted by molar-refractivity contribution is -0.123. The van der Waals surface area contributed by atoms with Gasteiger partial charge >= 0.3 is 12.0 Å². The number of carbonyl (C=O) groups excluding carboxylic acids is 2. The van der Waals surface area contributed by atoms with Crippen molar-refractivity contribution >= 4 is 24.0 Å². The van der Waals surface area contributed by atoms with Crippen molar-refractivity contribution in [3.05, 3.63) is 88.9 Å². The van der Waals surface area contributed by atoms with Gasteiger partial charge in [-0.25, -0.2) is 14.6 Å². The van der Waals surface area contributed by atoms with E-state index in [1.165, 1.54) is 9.80 Å². The van der Waals surface area contributed by atoms with Crippen LogP contribution < -0.4 is 0 Å². The molecule has 4 rings (SSSR count). The molecule has 9 nitrogen and oxygen atoms in total. The van der Waals surface area contributed by atoms with Crippen LogP contribution in [0.25, 0.3) is 6.08 Å². The van der Waals surface area contributed by atoms with Crippen LogP contribution in [0.4, 0.5) is 4.79 Å². The molecule has 38 heavy (non-hydrogen) atoms. The van der Waals surface area contributed by atoms with Gasteiger partial charge in [-0.2, -0.15) is 0 Å². The normalized spacial score (nSPS) is 14.6. The monoisotopic (exact) mass is 515 g/mol. The SMILES string of the molecule is CCCCc1ncc(C=C2C(=O)N(CCCC)C(=O)N2Cc2ccccn2)n1Cc1ccc(C(=O)O)cc1. The number of carbonyl (C=O) groups is 3. The zero-order valence-corrected chi connectivity index (χ0v) is 21.8. The average Bonchev–Trinajstić information content (AvgIpc) is 3.40. The number of aryl methyl sites for hydroxylation is 1. The second-order valence-corrected chi connectivity index (χ2v) is 9.32. The van der Waals surface area contributed by atoms with Crippen molar-refractivity contribution < 1.29 is 19.5 Å². The molecule has 0 unspecified atom stereocenters. The lowest BCUT2D eigenvalue weighted by Crippen LogP contribution is -2.33. The Bertz CT molecular complexity index is 1310. The number of pyridine rings is 1. The lowest BCUT2D eigenvalue weighted by Gasteiger charge is -2.17. The summed E-state index contributed by atoms with van der Waals surface area (Å²) in [5.41, 5.74) is 2.82. The van der Waals surface area contributed by atoms with Gasteiger partial charge in [0.25, 0.3) is 5.91 Å². The van der Waals surface area contributed by atoms with E-state index in [0.29, 0.717) is 30.2 Å². The largest absolute Gasteiger partial charge is 0.478 e. The fourth-order valence-electron chi connectivity index (χ4n) is 4.39. The van der Waals surface area contributed by atoms with Crippen molar-refractivity contribution in [2.24, 2.45) is 0 Å². The molecule has 0 aliphatic carbocycles. The molecule has 2 aromatic heterocycles. The van der Waals surface area contributed by atoms with Crippen molar-refractivity contribution in [3.8, 4) is 0 Å². The molecular formula is C29H33N5O4. The molecule has 1 fully saturated rings. The summed E-state index contributed by atoms with van der Waals surface area (Å²) in [6.45, 7) is 5.14. The third-order valence-corrected chi connectivity index (χ3v) is 6.55. The summed E-state index contributed by atoms with van der Waals surface area (Å²) in [5.74, 6) is -0.428. The molecule has 0 spiro atoms. The zero-order valence-electron chi connectivity index (χ0n) is 21.8. The van der Waals surface area contributed by atoms with Gasteiger partial charge in [-0.05, 0) is 48.7 Å². The highest BCUT2D eigenvalue weighted by atomic mass is 16.4. The molecule has 0 bridgehead atoms. The van der Waals surface area contributed by atoms with Crippen LogP contribution in [0.1, 0.15) is 72.7 Å². The Balaban J connectivity index is 1.72. The molecule has 198 valence electrons. The first-order valence-corrected chi connectivity index (χ1v) is 13.0. The highest BCUT2D eigenvalue weighted by molar-refractivity contribution is 6.13. The number of urea groups is 1. The first-order chi connectivity index (χ1) is 18.4. The van der Waals surface area contributed by atoms with Gasteiger partial charge in [-0.3, -0.25) is 19.6 Å². The molecule has 3 aromatic rings. The fourth-order valence-corrected chi connectivity index (χ4v) is 4.39. The number of amides is 3. The van der Waals surface area contributed by atoms with E-state index < -0.39 is 5.97 Å². The van der Waals surface area contributed by atoms with Crippen LogP contribution in [-0.4, -0.2) is 53.9 Å². The maximum atomic E-state index is 13.5. The summed E-state index contributed by atoms with van der Waals surface area (Å²) in [4.78, 5) is 49.9. The van der Waals surface area contributed by atoms with E-state index in [1.807, 2.05) is 29.7 Å². The predicted molar refractivity (Wildman–Crippen MR) is 143 cm³/mol. The number of rotatable bonds is 12. The molecule has 0 radical (unpaired) electrons. The minimum atomic E-state index is -0.974. The highest BCUT2D eigenvalue weighted by Gasteiger charge is 2.40. The van der Waals surface area contributed by atoms with Gasteiger partial charge in [0.1, 0.15) is 11.5 Å². The first-order valence-electron chi connectivity index (χ1n) is 13.0. The van der Waals surface area contributed by atoms with Gasteiger partial charge in [-0.1, -0.05) is 44.9 Å². The minimum Gasteiger partial charge on any atom is -0.478 e. The second kappa shape index (κ2) is 12.3. The van der Waals surface area contributed by atoms with E-state index in [9.17, 15) is 19.5 Å². The number of imidazole rings is 1. The number of aromatic carboxylic acids is 1. The number of benzene rings is 1. The van der Waals surface area contributed by atoms with Gasteiger partial charge in [0.2, 0.25) is 0 Å². The van der Waals surface area contributed by atoms with Crippen molar-refractivity contribution in [3.63, 3.8) is 0 Å². The number of unbranched alkanes of at least 4 members (excludes halogenated alkanes) is 2. The summed E-state index contributed by atoms with van der Waals surface area (Å²) in [5, 5.41) is 9.23. The number of hydrogen-bond donors (Lipinski definition) is 1. The van der Waals surface area contributed by atoms with E-state index in [-0.39, 0.29) is 24.0 Å². The van der Waals surface area contributed by atoms with Gasteiger partial charge in [0.15, 0.2) is 0 Å². The van der Waals surface area contributed by atoms with E-state index in [4.69, 9.17) is 0 Å². The van der Waals surface area contributed by atoms with E-state index in [1.54, 1.807) is 42.7 Å². The summed E-state index contributed by atoms with van der Waals surface area (Å²) >= 11 is 0. The quantitative estimate of drug-likeness (QED) is 0.269. The van der Waals surface area contributed by atoms with Crippen molar-refractivity contribution in [2.75, 3.05) is 6.54 Å². The van der Waals surface area contributed by atoms with E-state index in [2.05, 4.69) is 16.9 Å². The summed E-state index contributed by atoms with van der Waals surface area (Å²) in [7, 11) is 0. The Morgan fingerprint density at radius 1 is 0.947 bits per heavy atom. The third kappa shape index (κ3) is 5.99. The van der Waals surface area contributed by atoms with Crippen LogP contribution in [0.2, 0.25) is 0 Å². The Hall–Kier alpha value is -4.27. The molecule has 1 saturated heterocycles. The van der Waals surface area contributed by atoms with Gasteiger partial charge in [0, 0.05) is 25.7 Å². The van der Waals surface area contributed by atoms with Gasteiger partial charge in [-0.15, -0.1) is 0 Å². The Morgan fingerprint density at radius 3 is 2.37 bits per heavy atom. The van der Waals surface area contributed by atoms with Crippen LogP contribution in [0.3, 0.4) is 0 Å². The number of aromatic nitrogens is 3. The number of carboxylic acids is 1. The molecule has 3 heterocycles. The average molecular weight is 516 g/mol. The maximum Gasteiger partial charge on any atom is 0.335 e. The second-order valence-electron chi connectivity index (χ2n) is 9.32. The van der Waals surface area contributed by atoms with Crippen LogP contribution in [0.5, 0.6) is 0 Å². The Kier molecular flexibility index (Phi) is 8.68. The molecular weight excluding hydrogens is 482 g/mol. The lowest BCUT2D eigenvalue weighted by atomic mass is 10.1. The molecule has 0 saturated carbocycles. The molecule has 0 atom stereocenters. The van der Waals surface area contributed by atoms with Crippen LogP contribution >= 0.6 is 0 Å². The number of carboxylic acid groups (broad SMARTS) is 1. The van der Waals surface area contributed by atoms with Crippen molar-refractivity contribution in [2.45, 2.75) is 59.0 Å². The maximum absolute atomic E-state index is 13.5. The summed E-state index contributed by atoms with van der Waals surface area (Å²) < 4.78 is 2.03. The number of hydrogen-bond acceptors (Lipinski definition) is 5. The molecule has 1 aromatic carbocycles. The van der Waals surface area contributed by atoms with Crippen molar-refractivity contribution in [1.82, 2.24) is 24.3 Å². The summed E-state index contributed by atoms with van der Waals surface area (Å²) in [6, 6.07) is 11.9. The Labute approximate surface area is 222 Å². The molecule has 1 aliphatic heterocycles. The minimum absolute atomic E-state index is 0.188. The van der Waals surface area contributed by atoms with Crippen LogP contribution in [0.15, 0.2) is 60.6 Å². The van der Waals surface area contributed by atoms with Crippen LogP contribution in [-0.2, 0) is 24.3 Å².